The summed E-state index contributed by atoms with van der Waals surface area (Å²) < 4.78 is 1.39. The van der Waals surface area contributed by atoms with E-state index in [0.29, 0.717) is 9.92 Å². The standard InChI is InChI=1S/C23H18ClN5O2S2.H3N/c24-18-3-1-2-4-19(18)33-21-22(30)28-29(23(21)31)20(15-9-10-32-13-15)14-5-7-16(8-6-14)27-17-11-25-26-12-17;/h1-13,20,27,31H,(H,25,26)(H,28,30);1H3/p-1. The van der Waals surface area contributed by atoms with E-state index in [-0.39, 0.29) is 16.9 Å². The van der Waals surface area contributed by atoms with Crippen molar-refractivity contribution in [3.05, 3.63) is 104 Å². The zero-order chi connectivity index (χ0) is 22.8. The van der Waals surface area contributed by atoms with Crippen LogP contribution in [0.25, 0.3) is 0 Å². The smallest absolute Gasteiger partial charge is 0.277 e. The van der Waals surface area contributed by atoms with Crippen LogP contribution in [0.2, 0.25) is 5.02 Å². The Labute approximate surface area is 208 Å². The molecule has 0 aliphatic heterocycles. The number of halogens is 1. The maximum Gasteiger partial charge on any atom is 0.277 e. The number of H-pyrrole nitrogens is 2. The highest BCUT2D eigenvalue weighted by atomic mass is 35.5. The molecule has 0 amide bonds. The summed E-state index contributed by atoms with van der Waals surface area (Å²) in [5.41, 5.74) is 3.05. The van der Waals surface area contributed by atoms with Gasteiger partial charge in [0.25, 0.3) is 5.56 Å². The largest absolute Gasteiger partial charge is 0.858 e. The number of nitrogens with zero attached hydrogens (tertiary/aromatic N) is 2. The molecule has 0 aliphatic rings. The zero-order valence-electron chi connectivity index (χ0n) is 17.7. The molecule has 34 heavy (non-hydrogen) atoms. The molecule has 3 heterocycles. The van der Waals surface area contributed by atoms with Crippen LogP contribution in [0.3, 0.4) is 0 Å². The van der Waals surface area contributed by atoms with Gasteiger partial charge >= 0.3 is 0 Å². The van der Waals surface area contributed by atoms with Gasteiger partial charge in [-0.05, 0) is 52.2 Å². The van der Waals surface area contributed by atoms with E-state index >= 15 is 0 Å². The van der Waals surface area contributed by atoms with Crippen LogP contribution in [0.1, 0.15) is 17.2 Å². The summed E-state index contributed by atoms with van der Waals surface area (Å²) in [6.07, 6.45) is 3.45. The first kappa shape index (κ1) is 23.7. The average molecular weight is 512 g/mol. The molecular weight excluding hydrogens is 492 g/mol. The summed E-state index contributed by atoms with van der Waals surface area (Å²) in [7, 11) is 0. The topological polar surface area (TPSA) is 137 Å². The normalized spacial score (nSPS) is 11.7. The molecule has 1 unspecified atom stereocenters. The minimum absolute atomic E-state index is 0. The number of rotatable bonds is 7. The van der Waals surface area contributed by atoms with E-state index in [4.69, 9.17) is 11.6 Å². The highest BCUT2D eigenvalue weighted by Crippen LogP contribution is 2.38. The third-order valence-electron chi connectivity index (χ3n) is 5.02. The van der Waals surface area contributed by atoms with Crippen LogP contribution in [-0.4, -0.2) is 20.0 Å². The summed E-state index contributed by atoms with van der Waals surface area (Å²) in [4.78, 5) is 13.5. The number of hydrogen-bond donors (Lipinski definition) is 4. The first-order valence-corrected chi connectivity index (χ1v) is 12.1. The summed E-state index contributed by atoms with van der Waals surface area (Å²) in [5.74, 6) is -0.387. The molecular formula is C23H20ClN6O2S2-. The van der Waals surface area contributed by atoms with Gasteiger partial charge in [0.05, 0.1) is 27.8 Å². The second kappa shape index (κ2) is 10.2. The summed E-state index contributed by atoms with van der Waals surface area (Å²) in [5, 5.41) is 30.4. The lowest BCUT2D eigenvalue weighted by atomic mass is 10.0. The fourth-order valence-corrected chi connectivity index (χ4v) is 5.27. The number of aromatic nitrogens is 4. The molecule has 6 N–H and O–H groups in total. The van der Waals surface area contributed by atoms with E-state index in [0.717, 1.165) is 34.3 Å². The van der Waals surface area contributed by atoms with Crippen molar-refractivity contribution in [1.29, 1.82) is 0 Å². The first-order valence-electron chi connectivity index (χ1n) is 9.92. The molecule has 11 heteroatoms. The predicted octanol–water partition coefficient (Wildman–Crippen LogP) is 5.38. The molecule has 0 fully saturated rings. The molecule has 8 nitrogen and oxygen atoms in total. The van der Waals surface area contributed by atoms with Crippen LogP contribution in [0.4, 0.5) is 11.4 Å². The Balaban J connectivity index is 0.00000274. The van der Waals surface area contributed by atoms with Gasteiger partial charge in [0.2, 0.25) is 0 Å². The van der Waals surface area contributed by atoms with E-state index in [9.17, 15) is 9.90 Å². The Hall–Kier alpha value is -3.44. The lowest BCUT2D eigenvalue weighted by molar-refractivity contribution is -0.284. The third kappa shape index (κ3) is 4.75. The molecule has 0 bridgehead atoms. The molecule has 2 aromatic carbocycles. The molecule has 5 aromatic rings. The third-order valence-corrected chi connectivity index (χ3v) is 7.30. The van der Waals surface area contributed by atoms with Crippen molar-refractivity contribution in [2.45, 2.75) is 15.8 Å². The van der Waals surface area contributed by atoms with Crippen molar-refractivity contribution in [3.8, 4) is 5.88 Å². The van der Waals surface area contributed by atoms with Crippen LogP contribution in [0.15, 0.2) is 92.3 Å². The maximum atomic E-state index is 13.3. The second-order valence-corrected chi connectivity index (χ2v) is 9.41. The van der Waals surface area contributed by atoms with Crippen LogP contribution in [0.5, 0.6) is 5.88 Å². The quantitative estimate of drug-likeness (QED) is 0.231. The highest BCUT2D eigenvalue weighted by Gasteiger charge is 2.21. The molecule has 0 radical (unpaired) electrons. The number of anilines is 2. The summed E-state index contributed by atoms with van der Waals surface area (Å²) in [6, 6.07) is 16.3. The van der Waals surface area contributed by atoms with E-state index in [1.165, 1.54) is 16.0 Å². The van der Waals surface area contributed by atoms with Crippen molar-refractivity contribution in [2.24, 2.45) is 0 Å². The molecule has 0 saturated carbocycles. The van der Waals surface area contributed by atoms with Gasteiger partial charge in [-0.2, -0.15) is 16.4 Å². The number of nitrogens with one attached hydrogen (secondary N) is 3. The van der Waals surface area contributed by atoms with E-state index < -0.39 is 11.6 Å². The van der Waals surface area contributed by atoms with Crippen LogP contribution in [0, 0.1) is 0 Å². The second-order valence-electron chi connectivity index (χ2n) is 7.17. The Morgan fingerprint density at radius 2 is 1.88 bits per heavy atom. The number of benzene rings is 2. The highest BCUT2D eigenvalue weighted by molar-refractivity contribution is 7.99. The lowest BCUT2D eigenvalue weighted by Crippen LogP contribution is -2.17. The van der Waals surface area contributed by atoms with Gasteiger partial charge in [0.1, 0.15) is 0 Å². The maximum absolute atomic E-state index is 13.3. The average Bonchev–Trinajstić information content (AvgIpc) is 3.57. The van der Waals surface area contributed by atoms with Gasteiger partial charge in [-0.1, -0.05) is 47.6 Å². The lowest BCUT2D eigenvalue weighted by Gasteiger charge is -2.24. The van der Waals surface area contributed by atoms with Crippen molar-refractivity contribution in [1.82, 2.24) is 26.1 Å². The van der Waals surface area contributed by atoms with Gasteiger partial charge in [0, 0.05) is 22.7 Å². The zero-order valence-corrected chi connectivity index (χ0v) is 20.1. The summed E-state index contributed by atoms with van der Waals surface area (Å²) in [6.45, 7) is 0. The number of aromatic amines is 2. The van der Waals surface area contributed by atoms with E-state index in [1.54, 1.807) is 30.6 Å². The Bertz CT molecular complexity index is 1410. The Kier molecular flexibility index (Phi) is 7.13. The molecule has 0 aliphatic carbocycles. The molecule has 1 atom stereocenters. The predicted molar refractivity (Wildman–Crippen MR) is 135 cm³/mol. The van der Waals surface area contributed by atoms with Crippen LogP contribution >= 0.6 is 34.7 Å². The van der Waals surface area contributed by atoms with Crippen molar-refractivity contribution >= 4 is 46.1 Å². The van der Waals surface area contributed by atoms with Crippen molar-refractivity contribution < 1.29 is 5.11 Å². The monoisotopic (exact) mass is 511 g/mol. The number of thiophene rings is 1. The molecule has 0 saturated heterocycles. The van der Waals surface area contributed by atoms with Gasteiger partial charge in [0.15, 0.2) is 0 Å². The van der Waals surface area contributed by atoms with Crippen LogP contribution < -0.4 is 22.1 Å². The van der Waals surface area contributed by atoms with Crippen molar-refractivity contribution in [2.75, 3.05) is 5.32 Å². The van der Waals surface area contributed by atoms with E-state index in [1.807, 2.05) is 47.2 Å². The van der Waals surface area contributed by atoms with E-state index in [2.05, 4.69) is 20.6 Å². The number of hydrogen-bond acceptors (Lipinski definition) is 7. The molecule has 3 aromatic heterocycles. The van der Waals surface area contributed by atoms with Crippen molar-refractivity contribution in [3.63, 3.8) is 0 Å². The fraction of sp³-hybridized carbons (Fsp3) is 0.0435. The Morgan fingerprint density at radius 1 is 1.09 bits per heavy atom. The Morgan fingerprint density at radius 3 is 2.56 bits per heavy atom. The van der Waals surface area contributed by atoms with Gasteiger partial charge in [-0.25, -0.2) is 0 Å². The van der Waals surface area contributed by atoms with Gasteiger partial charge in [-0.3, -0.25) is 19.7 Å². The molecule has 5 rings (SSSR count). The van der Waals surface area contributed by atoms with Crippen LogP contribution in [-0.2, 0) is 0 Å². The summed E-state index contributed by atoms with van der Waals surface area (Å²) >= 11 is 8.85. The van der Waals surface area contributed by atoms with Gasteiger partial charge < -0.3 is 16.6 Å². The van der Waals surface area contributed by atoms with Gasteiger partial charge in [-0.15, -0.1) is 0 Å². The minimum Gasteiger partial charge on any atom is -0.858 e. The molecule has 0 spiro atoms. The SMILES string of the molecule is N.O=c1[nH]n(C(c2ccc(Nc3cn[nH]c3)cc2)c2ccsc2)c([O-])c1Sc1ccccc1Cl. The minimum atomic E-state index is -0.472. The molecule has 174 valence electrons. The first-order chi connectivity index (χ1) is 16.1. The fourth-order valence-electron chi connectivity index (χ4n) is 3.48.